The van der Waals surface area contributed by atoms with Crippen LogP contribution in [0.15, 0.2) is 50.9 Å². The third-order valence-electron chi connectivity index (χ3n) is 3.55. The molecule has 2 aromatic heterocycles. The number of rotatable bonds is 6. The topological polar surface area (TPSA) is 25.2 Å². The van der Waals surface area contributed by atoms with Crippen molar-refractivity contribution < 1.29 is 4.42 Å². The fourth-order valence-corrected chi connectivity index (χ4v) is 4.04. The molecule has 1 atom stereocenters. The van der Waals surface area contributed by atoms with Gasteiger partial charge in [0.25, 0.3) is 0 Å². The van der Waals surface area contributed by atoms with Crippen molar-refractivity contribution in [3.63, 3.8) is 0 Å². The molecule has 0 amide bonds. The standard InChI is InChI=1S/C17H18BrNOS/c1-2-7-19-16(9-13-8-12(18)11-21-13)15-10-20-17-6-4-3-5-14(15)17/h3-6,8,10-11,16,19H,2,7,9H2,1H3. The Morgan fingerprint density at radius 2 is 2.19 bits per heavy atom. The van der Waals surface area contributed by atoms with Crippen molar-refractivity contribution >= 4 is 38.2 Å². The van der Waals surface area contributed by atoms with Crippen molar-refractivity contribution in [1.82, 2.24) is 5.32 Å². The Bertz CT molecular complexity index is 718. The van der Waals surface area contributed by atoms with Crippen LogP contribution in [-0.4, -0.2) is 6.54 Å². The van der Waals surface area contributed by atoms with E-state index in [1.54, 1.807) is 11.3 Å². The molecule has 2 heterocycles. The van der Waals surface area contributed by atoms with Crippen molar-refractivity contribution in [3.05, 3.63) is 56.9 Å². The number of benzene rings is 1. The van der Waals surface area contributed by atoms with Gasteiger partial charge in [0.05, 0.1) is 6.26 Å². The van der Waals surface area contributed by atoms with Crippen LogP contribution in [-0.2, 0) is 6.42 Å². The average Bonchev–Trinajstić information content (AvgIpc) is 3.09. The van der Waals surface area contributed by atoms with Gasteiger partial charge in [0.1, 0.15) is 5.58 Å². The smallest absolute Gasteiger partial charge is 0.134 e. The van der Waals surface area contributed by atoms with Crippen molar-refractivity contribution in [3.8, 4) is 0 Å². The van der Waals surface area contributed by atoms with Crippen LogP contribution < -0.4 is 5.32 Å². The van der Waals surface area contributed by atoms with Gasteiger partial charge in [-0.05, 0) is 41.0 Å². The van der Waals surface area contributed by atoms with Gasteiger partial charge in [-0.1, -0.05) is 25.1 Å². The molecule has 0 bridgehead atoms. The van der Waals surface area contributed by atoms with Crippen LogP contribution >= 0.6 is 27.3 Å². The van der Waals surface area contributed by atoms with E-state index < -0.39 is 0 Å². The van der Waals surface area contributed by atoms with Gasteiger partial charge < -0.3 is 9.73 Å². The molecule has 0 fully saturated rings. The predicted molar refractivity (Wildman–Crippen MR) is 93.0 cm³/mol. The summed E-state index contributed by atoms with van der Waals surface area (Å²) in [6.07, 6.45) is 4.01. The Hall–Kier alpha value is -1.10. The quantitative estimate of drug-likeness (QED) is 0.621. The van der Waals surface area contributed by atoms with Gasteiger partial charge in [-0.15, -0.1) is 11.3 Å². The molecule has 4 heteroatoms. The van der Waals surface area contributed by atoms with Crippen LogP contribution in [0.2, 0.25) is 0 Å². The Labute approximate surface area is 137 Å². The van der Waals surface area contributed by atoms with Crippen LogP contribution in [0.4, 0.5) is 0 Å². The minimum Gasteiger partial charge on any atom is -0.464 e. The van der Waals surface area contributed by atoms with Crippen molar-refractivity contribution in [2.45, 2.75) is 25.8 Å². The van der Waals surface area contributed by atoms with Gasteiger partial charge in [0.2, 0.25) is 0 Å². The third kappa shape index (κ3) is 3.39. The summed E-state index contributed by atoms with van der Waals surface area (Å²) in [6, 6.07) is 10.7. The fraction of sp³-hybridized carbons (Fsp3) is 0.294. The first-order valence-electron chi connectivity index (χ1n) is 7.20. The number of fused-ring (bicyclic) bond motifs is 1. The van der Waals surface area contributed by atoms with Crippen LogP contribution in [0.1, 0.15) is 29.8 Å². The molecule has 0 saturated carbocycles. The van der Waals surface area contributed by atoms with Gasteiger partial charge in [-0.25, -0.2) is 0 Å². The highest BCUT2D eigenvalue weighted by Crippen LogP contribution is 2.30. The molecule has 0 spiro atoms. The molecule has 1 aromatic carbocycles. The Balaban J connectivity index is 1.91. The van der Waals surface area contributed by atoms with E-state index in [4.69, 9.17) is 4.42 Å². The second-order valence-corrected chi connectivity index (χ2v) is 7.04. The van der Waals surface area contributed by atoms with Crippen molar-refractivity contribution in [2.24, 2.45) is 0 Å². The summed E-state index contributed by atoms with van der Waals surface area (Å²) in [6.45, 7) is 3.20. The number of thiophene rings is 1. The summed E-state index contributed by atoms with van der Waals surface area (Å²) in [7, 11) is 0. The summed E-state index contributed by atoms with van der Waals surface area (Å²) in [5.41, 5.74) is 2.21. The maximum atomic E-state index is 5.71. The summed E-state index contributed by atoms with van der Waals surface area (Å²) < 4.78 is 6.87. The molecule has 0 aliphatic rings. The first-order valence-corrected chi connectivity index (χ1v) is 8.87. The van der Waals surface area contributed by atoms with Crippen LogP contribution in [0.5, 0.6) is 0 Å². The molecule has 21 heavy (non-hydrogen) atoms. The molecule has 0 radical (unpaired) electrons. The monoisotopic (exact) mass is 363 g/mol. The second-order valence-electron chi connectivity index (χ2n) is 5.13. The van der Waals surface area contributed by atoms with E-state index in [1.165, 1.54) is 15.8 Å². The van der Waals surface area contributed by atoms with Gasteiger partial charge >= 0.3 is 0 Å². The van der Waals surface area contributed by atoms with Gasteiger partial charge in [0.15, 0.2) is 0 Å². The highest BCUT2D eigenvalue weighted by molar-refractivity contribution is 9.10. The maximum absolute atomic E-state index is 5.71. The summed E-state index contributed by atoms with van der Waals surface area (Å²) in [4.78, 5) is 1.38. The van der Waals surface area contributed by atoms with E-state index in [0.29, 0.717) is 6.04 Å². The average molecular weight is 364 g/mol. The normalized spacial score (nSPS) is 12.9. The zero-order valence-electron chi connectivity index (χ0n) is 11.9. The number of halogens is 1. The summed E-state index contributed by atoms with van der Waals surface area (Å²) >= 11 is 5.33. The number of hydrogen-bond donors (Lipinski definition) is 1. The van der Waals surface area contributed by atoms with E-state index >= 15 is 0 Å². The molecule has 0 aliphatic carbocycles. The van der Waals surface area contributed by atoms with Gasteiger partial charge in [-0.2, -0.15) is 0 Å². The summed E-state index contributed by atoms with van der Waals surface area (Å²) in [5.74, 6) is 0. The van der Waals surface area contributed by atoms with Crippen molar-refractivity contribution in [2.75, 3.05) is 6.54 Å². The lowest BCUT2D eigenvalue weighted by atomic mass is 10.0. The Morgan fingerprint density at radius 3 is 2.95 bits per heavy atom. The molecule has 1 unspecified atom stereocenters. The maximum Gasteiger partial charge on any atom is 0.134 e. The van der Waals surface area contributed by atoms with Gasteiger partial charge in [0, 0.05) is 38.1 Å². The number of hydrogen-bond acceptors (Lipinski definition) is 3. The highest BCUT2D eigenvalue weighted by atomic mass is 79.9. The fourth-order valence-electron chi connectivity index (χ4n) is 2.54. The van der Waals surface area contributed by atoms with E-state index in [0.717, 1.165) is 29.4 Å². The third-order valence-corrected chi connectivity index (χ3v) is 5.27. The van der Waals surface area contributed by atoms with Crippen LogP contribution in [0.3, 0.4) is 0 Å². The lowest BCUT2D eigenvalue weighted by molar-refractivity contribution is 0.522. The van der Waals surface area contributed by atoms with E-state index in [2.05, 4.69) is 51.7 Å². The molecule has 0 aliphatic heterocycles. The van der Waals surface area contributed by atoms with E-state index in [-0.39, 0.29) is 0 Å². The Kier molecular flexibility index (Phi) is 4.78. The number of para-hydroxylation sites is 1. The minimum absolute atomic E-state index is 0.291. The molecular formula is C17H18BrNOS. The summed E-state index contributed by atoms with van der Waals surface area (Å²) in [5, 5.41) is 7.00. The molecule has 1 N–H and O–H groups in total. The molecule has 2 nitrogen and oxygen atoms in total. The lowest BCUT2D eigenvalue weighted by Gasteiger charge is -2.17. The lowest BCUT2D eigenvalue weighted by Crippen LogP contribution is -2.23. The molecule has 110 valence electrons. The first-order chi connectivity index (χ1) is 10.3. The number of furan rings is 1. The van der Waals surface area contributed by atoms with Crippen molar-refractivity contribution in [1.29, 1.82) is 0 Å². The van der Waals surface area contributed by atoms with E-state index in [9.17, 15) is 0 Å². The zero-order chi connectivity index (χ0) is 14.7. The minimum atomic E-state index is 0.291. The SMILES string of the molecule is CCCNC(Cc1cc(Br)cs1)c1coc2ccccc12. The van der Waals surface area contributed by atoms with Crippen LogP contribution in [0.25, 0.3) is 11.0 Å². The van der Waals surface area contributed by atoms with Crippen LogP contribution in [0, 0.1) is 0 Å². The highest BCUT2D eigenvalue weighted by Gasteiger charge is 2.17. The zero-order valence-corrected chi connectivity index (χ0v) is 14.3. The molecular weight excluding hydrogens is 346 g/mol. The predicted octanol–water partition coefficient (Wildman–Crippen LogP) is 5.54. The van der Waals surface area contributed by atoms with Gasteiger partial charge in [-0.3, -0.25) is 0 Å². The van der Waals surface area contributed by atoms with E-state index in [1.807, 2.05) is 18.4 Å². The molecule has 3 rings (SSSR count). The number of nitrogens with one attached hydrogen (secondary N) is 1. The molecule has 3 aromatic rings. The first kappa shape index (κ1) is 14.8. The second kappa shape index (κ2) is 6.77. The largest absolute Gasteiger partial charge is 0.464 e. The molecule has 0 saturated heterocycles. The Morgan fingerprint density at radius 1 is 1.33 bits per heavy atom.